The Labute approximate surface area is 125 Å². The van der Waals surface area contributed by atoms with Crippen molar-refractivity contribution >= 4 is 11.8 Å². The molecule has 2 atom stereocenters. The number of carbonyl (C=O) groups is 2. The third-order valence-electron chi connectivity index (χ3n) is 3.93. The first-order valence-electron chi connectivity index (χ1n) is 7.22. The van der Waals surface area contributed by atoms with Crippen LogP contribution in [-0.2, 0) is 9.59 Å². The number of benzene rings is 1. The van der Waals surface area contributed by atoms with E-state index >= 15 is 0 Å². The minimum Gasteiger partial charge on any atom is -0.387 e. The predicted molar refractivity (Wildman–Crippen MR) is 79.7 cm³/mol. The van der Waals surface area contributed by atoms with Crippen LogP contribution < -0.4 is 5.32 Å². The summed E-state index contributed by atoms with van der Waals surface area (Å²) >= 11 is 0. The second-order valence-corrected chi connectivity index (χ2v) is 5.79. The molecule has 5 nitrogen and oxygen atoms in total. The first kappa shape index (κ1) is 15.7. The van der Waals surface area contributed by atoms with E-state index in [4.69, 9.17) is 0 Å². The lowest BCUT2D eigenvalue weighted by atomic mass is 10.00. The molecule has 1 fully saturated rings. The van der Waals surface area contributed by atoms with Crippen molar-refractivity contribution in [3.63, 3.8) is 0 Å². The Hall–Kier alpha value is -1.72. The molecule has 0 saturated carbocycles. The molecule has 0 spiro atoms. The van der Waals surface area contributed by atoms with Gasteiger partial charge in [-0.2, -0.15) is 0 Å². The number of likely N-dealkylation sites (tertiary alicyclic amines) is 1. The summed E-state index contributed by atoms with van der Waals surface area (Å²) in [4.78, 5) is 24.3. The zero-order chi connectivity index (χ0) is 15.6. The standard InChI is InChI=1S/C16H22N2O3/c1-10(2)11-4-6-12(7-5-11)14(19)9-17-13-8-15(20)18(3)16(13)21/h4-7,10,13-14,17,19H,8-9H2,1-3H3. The maximum Gasteiger partial charge on any atom is 0.246 e. The highest BCUT2D eigenvalue weighted by atomic mass is 16.3. The number of rotatable bonds is 5. The number of aliphatic hydroxyl groups is 1. The van der Waals surface area contributed by atoms with E-state index in [2.05, 4.69) is 19.2 Å². The number of nitrogens with zero attached hydrogens (tertiary/aromatic N) is 1. The Morgan fingerprint density at radius 1 is 1.24 bits per heavy atom. The highest BCUT2D eigenvalue weighted by Crippen LogP contribution is 2.19. The van der Waals surface area contributed by atoms with Gasteiger partial charge in [0.1, 0.15) is 0 Å². The van der Waals surface area contributed by atoms with E-state index < -0.39 is 12.1 Å². The van der Waals surface area contributed by atoms with E-state index in [0.717, 1.165) is 10.5 Å². The largest absolute Gasteiger partial charge is 0.387 e. The Kier molecular flexibility index (Phi) is 4.75. The molecule has 2 amide bonds. The third kappa shape index (κ3) is 3.49. The van der Waals surface area contributed by atoms with Gasteiger partial charge in [0, 0.05) is 13.6 Å². The lowest BCUT2D eigenvalue weighted by Gasteiger charge is -2.16. The van der Waals surface area contributed by atoms with Crippen molar-refractivity contribution in [2.24, 2.45) is 0 Å². The molecular weight excluding hydrogens is 268 g/mol. The van der Waals surface area contributed by atoms with E-state index in [0.29, 0.717) is 5.92 Å². The predicted octanol–water partition coefficient (Wildman–Crippen LogP) is 1.19. The second kappa shape index (κ2) is 6.37. The molecule has 2 N–H and O–H groups in total. The summed E-state index contributed by atoms with van der Waals surface area (Å²) in [7, 11) is 1.48. The zero-order valence-electron chi connectivity index (χ0n) is 12.7. The summed E-state index contributed by atoms with van der Waals surface area (Å²) < 4.78 is 0. The van der Waals surface area contributed by atoms with Gasteiger partial charge in [-0.05, 0) is 17.0 Å². The van der Waals surface area contributed by atoms with Gasteiger partial charge in [0.25, 0.3) is 0 Å². The van der Waals surface area contributed by atoms with Crippen LogP contribution in [0.4, 0.5) is 0 Å². The van der Waals surface area contributed by atoms with Crippen molar-refractivity contribution in [3.8, 4) is 0 Å². The van der Waals surface area contributed by atoms with Crippen LogP contribution in [0, 0.1) is 0 Å². The monoisotopic (exact) mass is 290 g/mol. The van der Waals surface area contributed by atoms with E-state index in [1.54, 1.807) is 0 Å². The molecule has 2 unspecified atom stereocenters. The fourth-order valence-corrected chi connectivity index (χ4v) is 2.39. The SMILES string of the molecule is CC(C)c1ccc(C(O)CNC2CC(=O)N(C)C2=O)cc1. The molecule has 0 bridgehead atoms. The van der Waals surface area contributed by atoms with Crippen LogP contribution in [0.1, 0.15) is 43.4 Å². The lowest BCUT2D eigenvalue weighted by molar-refractivity contribution is -0.137. The molecule has 1 aromatic rings. The molecular formula is C16H22N2O3. The number of nitrogens with one attached hydrogen (secondary N) is 1. The molecule has 1 aliphatic heterocycles. The van der Waals surface area contributed by atoms with Crippen LogP contribution in [0.15, 0.2) is 24.3 Å². The molecule has 21 heavy (non-hydrogen) atoms. The van der Waals surface area contributed by atoms with Gasteiger partial charge in [-0.15, -0.1) is 0 Å². The molecule has 5 heteroatoms. The van der Waals surface area contributed by atoms with Gasteiger partial charge in [-0.25, -0.2) is 0 Å². The average molecular weight is 290 g/mol. The summed E-state index contributed by atoms with van der Waals surface area (Å²) in [5.41, 5.74) is 2.02. The van der Waals surface area contributed by atoms with Gasteiger partial charge in [0.05, 0.1) is 18.6 Å². The minimum atomic E-state index is -0.694. The number of hydrogen-bond donors (Lipinski definition) is 2. The van der Waals surface area contributed by atoms with Gasteiger partial charge in [-0.1, -0.05) is 38.1 Å². The maximum atomic E-state index is 11.7. The molecule has 1 aliphatic rings. The molecule has 2 rings (SSSR count). The molecule has 0 radical (unpaired) electrons. The van der Waals surface area contributed by atoms with Crippen molar-refractivity contribution < 1.29 is 14.7 Å². The van der Waals surface area contributed by atoms with Crippen molar-refractivity contribution in [3.05, 3.63) is 35.4 Å². The van der Waals surface area contributed by atoms with Crippen LogP contribution in [-0.4, -0.2) is 41.5 Å². The second-order valence-electron chi connectivity index (χ2n) is 5.79. The van der Waals surface area contributed by atoms with Crippen LogP contribution in [0.3, 0.4) is 0 Å². The quantitative estimate of drug-likeness (QED) is 0.799. The van der Waals surface area contributed by atoms with Crippen molar-refractivity contribution in [2.45, 2.75) is 38.3 Å². The number of likely N-dealkylation sites (N-methyl/N-ethyl adjacent to an activating group) is 1. The average Bonchev–Trinajstić information content (AvgIpc) is 2.72. The first-order valence-corrected chi connectivity index (χ1v) is 7.22. The summed E-state index contributed by atoms with van der Waals surface area (Å²) in [5.74, 6) is 0.0302. The molecule has 1 heterocycles. The Bertz CT molecular complexity index is 525. The van der Waals surface area contributed by atoms with Gasteiger partial charge < -0.3 is 10.4 Å². The van der Waals surface area contributed by atoms with Crippen LogP contribution in [0.5, 0.6) is 0 Å². The van der Waals surface area contributed by atoms with E-state index in [9.17, 15) is 14.7 Å². The highest BCUT2D eigenvalue weighted by Gasteiger charge is 2.35. The Morgan fingerprint density at radius 3 is 2.29 bits per heavy atom. The van der Waals surface area contributed by atoms with Gasteiger partial charge in [0.2, 0.25) is 11.8 Å². The maximum absolute atomic E-state index is 11.7. The van der Waals surface area contributed by atoms with E-state index in [1.807, 2.05) is 24.3 Å². The normalized spacial score (nSPS) is 20.4. The smallest absolute Gasteiger partial charge is 0.246 e. The van der Waals surface area contributed by atoms with Gasteiger partial charge in [-0.3, -0.25) is 14.5 Å². The number of carbonyl (C=O) groups excluding carboxylic acids is 2. The number of aliphatic hydroxyl groups excluding tert-OH is 1. The Balaban J connectivity index is 1.91. The van der Waals surface area contributed by atoms with E-state index in [1.165, 1.54) is 12.6 Å². The number of amides is 2. The molecule has 1 aromatic carbocycles. The lowest BCUT2D eigenvalue weighted by Crippen LogP contribution is -2.39. The summed E-state index contributed by atoms with van der Waals surface area (Å²) in [6, 6.07) is 7.28. The summed E-state index contributed by atoms with van der Waals surface area (Å²) in [5, 5.41) is 13.1. The van der Waals surface area contributed by atoms with E-state index in [-0.39, 0.29) is 24.8 Å². The van der Waals surface area contributed by atoms with Gasteiger partial charge >= 0.3 is 0 Å². The fourth-order valence-electron chi connectivity index (χ4n) is 2.39. The van der Waals surface area contributed by atoms with Crippen LogP contribution >= 0.6 is 0 Å². The molecule has 1 saturated heterocycles. The number of hydrogen-bond acceptors (Lipinski definition) is 4. The first-order chi connectivity index (χ1) is 9.90. The van der Waals surface area contributed by atoms with Gasteiger partial charge in [0.15, 0.2) is 0 Å². The summed E-state index contributed by atoms with van der Waals surface area (Å²) in [6.07, 6.45) is -0.533. The van der Waals surface area contributed by atoms with Crippen molar-refractivity contribution in [1.82, 2.24) is 10.2 Å². The van der Waals surface area contributed by atoms with Crippen molar-refractivity contribution in [1.29, 1.82) is 0 Å². The third-order valence-corrected chi connectivity index (χ3v) is 3.93. The molecule has 114 valence electrons. The fraction of sp³-hybridized carbons (Fsp3) is 0.500. The number of imide groups is 1. The molecule has 0 aliphatic carbocycles. The van der Waals surface area contributed by atoms with Crippen LogP contribution in [0.25, 0.3) is 0 Å². The van der Waals surface area contributed by atoms with Crippen molar-refractivity contribution in [2.75, 3.05) is 13.6 Å². The van der Waals surface area contributed by atoms with Crippen LogP contribution in [0.2, 0.25) is 0 Å². The summed E-state index contributed by atoms with van der Waals surface area (Å²) in [6.45, 7) is 4.48. The highest BCUT2D eigenvalue weighted by molar-refractivity contribution is 6.05. The topological polar surface area (TPSA) is 69.6 Å². The molecule has 0 aromatic heterocycles. The minimum absolute atomic E-state index is 0.161. The Morgan fingerprint density at radius 2 is 1.81 bits per heavy atom. The zero-order valence-corrected chi connectivity index (χ0v) is 12.7.